The van der Waals surface area contributed by atoms with E-state index in [1.54, 1.807) is 0 Å². The summed E-state index contributed by atoms with van der Waals surface area (Å²) in [5.74, 6) is 0.486. The fourth-order valence-electron chi connectivity index (χ4n) is 0.378. The molecule has 0 aromatic heterocycles. The zero-order chi connectivity index (χ0) is 17.0. The molecule has 0 unspecified atom stereocenters. The number of rotatable bonds is 5. The van der Waals surface area contributed by atoms with Gasteiger partial charge >= 0.3 is 0 Å². The molecule has 126 valence electrons. The molecular formula is C4H12N2O10S4-4. The van der Waals surface area contributed by atoms with E-state index in [-0.39, 0.29) is 12.3 Å². The molecule has 0 bridgehead atoms. The lowest BCUT2D eigenvalue weighted by atomic mass is 10.8. The van der Waals surface area contributed by atoms with Crippen LogP contribution in [-0.4, -0.2) is 68.1 Å². The first kappa shape index (κ1) is 24.9. The van der Waals surface area contributed by atoms with E-state index in [0.29, 0.717) is 12.3 Å². The van der Waals surface area contributed by atoms with Crippen molar-refractivity contribution in [3.8, 4) is 0 Å². The molecule has 0 fully saturated rings. The van der Waals surface area contributed by atoms with Crippen LogP contribution < -0.4 is 11.5 Å². The van der Waals surface area contributed by atoms with Gasteiger partial charge in [-0.2, -0.15) is 0 Å². The Hall–Kier alpha value is -0.0400. The normalized spacial score (nSPS) is 11.7. The maximum absolute atomic E-state index is 10.8. The van der Waals surface area contributed by atoms with Gasteiger partial charge in [0, 0.05) is 39.6 Å². The van der Waals surface area contributed by atoms with Gasteiger partial charge in [-0.05, 0) is 10.8 Å². The SMILES string of the molecule is NCCSS(=O)(=O)CCN.O=S(=O)([O-])[O-].O=S(=O)([O-])[O-]. The molecule has 0 aromatic rings. The van der Waals surface area contributed by atoms with Gasteiger partial charge in [0.1, 0.15) is 0 Å². The molecule has 0 aliphatic heterocycles. The molecule has 20 heavy (non-hydrogen) atoms. The Morgan fingerprint density at radius 1 is 0.750 bits per heavy atom. The van der Waals surface area contributed by atoms with Gasteiger partial charge < -0.3 is 29.7 Å². The van der Waals surface area contributed by atoms with Crippen molar-refractivity contribution >= 4 is 40.5 Å². The van der Waals surface area contributed by atoms with Crippen LogP contribution in [0.2, 0.25) is 0 Å². The van der Waals surface area contributed by atoms with Crippen LogP contribution in [0.25, 0.3) is 0 Å². The molecule has 0 heterocycles. The summed E-state index contributed by atoms with van der Waals surface area (Å²) in [4.78, 5) is 0. The van der Waals surface area contributed by atoms with Gasteiger partial charge in [0.2, 0.25) is 8.87 Å². The Morgan fingerprint density at radius 3 is 1.25 bits per heavy atom. The molecule has 0 amide bonds. The highest BCUT2D eigenvalue weighted by molar-refractivity contribution is 8.72. The van der Waals surface area contributed by atoms with Crippen molar-refractivity contribution < 1.29 is 43.5 Å². The predicted molar refractivity (Wildman–Crippen MR) is 65.3 cm³/mol. The molecular weight excluding hydrogens is 364 g/mol. The maximum Gasteiger partial charge on any atom is 0.202 e. The summed E-state index contributed by atoms with van der Waals surface area (Å²) in [7, 11) is -12.4. The molecule has 0 atom stereocenters. The molecule has 0 aromatic carbocycles. The van der Waals surface area contributed by atoms with Crippen LogP contribution in [-0.2, 0) is 29.7 Å². The van der Waals surface area contributed by atoms with Gasteiger partial charge in [-0.15, -0.1) is 0 Å². The van der Waals surface area contributed by atoms with Crippen molar-refractivity contribution in [2.45, 2.75) is 0 Å². The van der Waals surface area contributed by atoms with E-state index in [1.807, 2.05) is 0 Å². The minimum atomic E-state index is -5.17. The number of hydrogen-bond donors (Lipinski definition) is 2. The Bertz CT molecular complexity index is 476. The minimum absolute atomic E-state index is 0.0394. The molecule has 16 heteroatoms. The van der Waals surface area contributed by atoms with Crippen molar-refractivity contribution in [1.29, 1.82) is 0 Å². The summed E-state index contributed by atoms with van der Waals surface area (Å²) in [6.45, 7) is 0.564. The summed E-state index contributed by atoms with van der Waals surface area (Å²) in [6.07, 6.45) is 0. The highest BCUT2D eigenvalue weighted by atomic mass is 33.1. The fraction of sp³-hybridized carbons (Fsp3) is 1.00. The zero-order valence-electron chi connectivity index (χ0n) is 9.70. The van der Waals surface area contributed by atoms with Gasteiger partial charge in [-0.1, -0.05) is 0 Å². The molecule has 0 rings (SSSR count). The number of nitrogens with two attached hydrogens (primary N) is 2. The molecule has 12 nitrogen and oxygen atoms in total. The minimum Gasteiger partial charge on any atom is -0.759 e. The van der Waals surface area contributed by atoms with E-state index in [2.05, 4.69) is 0 Å². The second kappa shape index (κ2) is 11.6. The van der Waals surface area contributed by atoms with Crippen molar-refractivity contribution in [2.24, 2.45) is 11.5 Å². The van der Waals surface area contributed by atoms with Crippen LogP contribution in [0.15, 0.2) is 0 Å². The average molecular weight is 376 g/mol. The molecule has 4 N–H and O–H groups in total. The molecule has 0 spiro atoms. The van der Waals surface area contributed by atoms with Gasteiger partial charge in [0.25, 0.3) is 0 Å². The van der Waals surface area contributed by atoms with Crippen LogP contribution >= 0.6 is 10.8 Å². The summed E-state index contributed by atoms with van der Waals surface area (Å²) >= 11 is 0. The third-order valence-corrected chi connectivity index (χ3v) is 4.32. The lowest BCUT2D eigenvalue weighted by Gasteiger charge is -2.06. The van der Waals surface area contributed by atoms with E-state index >= 15 is 0 Å². The molecule has 0 aliphatic rings. The number of hydrogen-bond acceptors (Lipinski definition) is 13. The predicted octanol–water partition coefficient (Wildman–Crippen LogP) is -3.71. The van der Waals surface area contributed by atoms with Crippen LogP contribution in [0.4, 0.5) is 0 Å². The van der Waals surface area contributed by atoms with E-state index in [4.69, 9.17) is 46.5 Å². The van der Waals surface area contributed by atoms with Crippen molar-refractivity contribution in [1.82, 2.24) is 0 Å². The van der Waals surface area contributed by atoms with Gasteiger partial charge in [-0.3, -0.25) is 16.8 Å². The van der Waals surface area contributed by atoms with Gasteiger partial charge in [-0.25, -0.2) is 8.42 Å². The fourth-order valence-corrected chi connectivity index (χ4v) is 2.83. The second-order valence-electron chi connectivity index (χ2n) is 2.48. The first-order valence-corrected chi connectivity index (χ1v) is 10.0. The van der Waals surface area contributed by atoms with E-state index in [9.17, 15) is 8.42 Å². The highest BCUT2D eigenvalue weighted by Crippen LogP contribution is 2.10. The smallest absolute Gasteiger partial charge is 0.202 e. The monoisotopic (exact) mass is 376 g/mol. The Labute approximate surface area is 120 Å². The van der Waals surface area contributed by atoms with Crippen LogP contribution in [0, 0.1) is 0 Å². The third-order valence-electron chi connectivity index (χ3n) is 0.749. The summed E-state index contributed by atoms with van der Waals surface area (Å²) < 4.78 is 89.8. The lowest BCUT2D eigenvalue weighted by Crippen LogP contribution is -2.14. The van der Waals surface area contributed by atoms with E-state index in [0.717, 1.165) is 10.8 Å². The highest BCUT2D eigenvalue weighted by Gasteiger charge is 2.07. The Kier molecular flexibility index (Phi) is 14.5. The Morgan fingerprint density at radius 2 is 1.05 bits per heavy atom. The van der Waals surface area contributed by atoms with E-state index < -0.39 is 29.7 Å². The topological polar surface area (TPSA) is 247 Å². The second-order valence-corrected chi connectivity index (χ2v) is 8.51. The molecule has 0 aliphatic carbocycles. The lowest BCUT2D eigenvalue weighted by molar-refractivity contribution is 0.350. The first-order valence-electron chi connectivity index (χ1n) is 4.23. The summed E-state index contributed by atoms with van der Waals surface area (Å²) in [5, 5.41) is 0. The largest absolute Gasteiger partial charge is 0.759 e. The first-order chi connectivity index (χ1) is 8.62. The summed E-state index contributed by atoms with van der Waals surface area (Å²) in [5.41, 5.74) is 10.2. The van der Waals surface area contributed by atoms with Crippen LogP contribution in [0.1, 0.15) is 0 Å². The summed E-state index contributed by atoms with van der Waals surface area (Å²) in [6, 6.07) is 0. The van der Waals surface area contributed by atoms with Crippen molar-refractivity contribution in [3.05, 3.63) is 0 Å². The van der Waals surface area contributed by atoms with Gasteiger partial charge in [0.15, 0.2) is 0 Å². The average Bonchev–Trinajstić information content (AvgIpc) is 2.09. The quantitative estimate of drug-likeness (QED) is 0.266. The molecule has 0 saturated heterocycles. The third kappa shape index (κ3) is 64.3. The van der Waals surface area contributed by atoms with Gasteiger partial charge in [0.05, 0.1) is 5.75 Å². The van der Waals surface area contributed by atoms with E-state index in [1.165, 1.54) is 0 Å². The van der Waals surface area contributed by atoms with Crippen molar-refractivity contribution in [2.75, 3.05) is 24.6 Å². The van der Waals surface area contributed by atoms with Crippen LogP contribution in [0.5, 0.6) is 0 Å². The zero-order valence-corrected chi connectivity index (χ0v) is 13.0. The van der Waals surface area contributed by atoms with Crippen LogP contribution in [0.3, 0.4) is 0 Å². The Balaban J connectivity index is -0.000000244. The van der Waals surface area contributed by atoms with Crippen molar-refractivity contribution in [3.63, 3.8) is 0 Å². The molecule has 0 saturated carbocycles. The maximum atomic E-state index is 10.8. The standard InChI is InChI=1S/C4H12N2O2S2.2H2O4S/c5-1-3-9-10(7,8)4-2-6;2*1-5(2,3)4/h1-6H2;2*(H2,1,2,3,4)/p-4. The molecule has 0 radical (unpaired) electrons.